The van der Waals surface area contributed by atoms with Crippen LogP contribution in [0.1, 0.15) is 6.42 Å². The lowest BCUT2D eigenvalue weighted by Crippen LogP contribution is -2.31. The minimum atomic E-state index is -0.304. The predicted octanol–water partition coefficient (Wildman–Crippen LogP) is -0.115. The van der Waals surface area contributed by atoms with Crippen molar-refractivity contribution in [2.75, 3.05) is 26.3 Å². The highest BCUT2D eigenvalue weighted by Crippen LogP contribution is 2.09. The molecule has 1 N–H and O–H groups in total. The second-order valence-electron chi connectivity index (χ2n) is 3.41. The zero-order valence-electron chi connectivity index (χ0n) is 7.78. The van der Waals surface area contributed by atoms with Gasteiger partial charge in [-0.25, -0.2) is 4.79 Å². The molecule has 0 atom stereocenters. The maximum Gasteiger partial charge on any atom is 0.324 e. The summed E-state index contributed by atoms with van der Waals surface area (Å²) in [4.78, 5) is 23.6. The summed E-state index contributed by atoms with van der Waals surface area (Å²) in [5.41, 5.74) is 1.07. The van der Waals surface area contributed by atoms with E-state index < -0.39 is 0 Å². The molecule has 0 aromatic heterocycles. The van der Waals surface area contributed by atoms with Crippen LogP contribution >= 0.6 is 0 Å². The third kappa shape index (κ3) is 1.93. The Morgan fingerprint density at radius 2 is 2.36 bits per heavy atom. The molecule has 2 aliphatic rings. The number of nitrogens with one attached hydrogen (secondary N) is 1. The first-order valence-electron chi connectivity index (χ1n) is 4.60. The number of hydrogen-bond acceptors (Lipinski definition) is 3. The smallest absolute Gasteiger partial charge is 0.324 e. The van der Waals surface area contributed by atoms with E-state index in [2.05, 4.69) is 11.4 Å². The Hall–Kier alpha value is -1.36. The van der Waals surface area contributed by atoms with Gasteiger partial charge in [-0.15, -0.1) is 0 Å². The van der Waals surface area contributed by atoms with Crippen molar-refractivity contribution in [3.05, 3.63) is 11.6 Å². The molecule has 3 amide bonds. The molecular weight excluding hydrogens is 184 g/mol. The molecule has 76 valence electrons. The lowest BCUT2D eigenvalue weighted by Gasteiger charge is -2.18. The fourth-order valence-corrected chi connectivity index (χ4v) is 1.57. The molecule has 5 heteroatoms. The average Bonchev–Trinajstić information content (AvgIpc) is 2.47. The van der Waals surface area contributed by atoms with Crippen molar-refractivity contribution >= 4 is 11.9 Å². The van der Waals surface area contributed by atoms with Crippen LogP contribution in [-0.2, 0) is 9.53 Å². The van der Waals surface area contributed by atoms with Crippen LogP contribution in [0.25, 0.3) is 0 Å². The van der Waals surface area contributed by atoms with Crippen LogP contribution in [0.3, 0.4) is 0 Å². The van der Waals surface area contributed by atoms with Crippen LogP contribution in [0.5, 0.6) is 0 Å². The first kappa shape index (κ1) is 9.21. The van der Waals surface area contributed by atoms with Gasteiger partial charge in [0.1, 0.15) is 6.54 Å². The van der Waals surface area contributed by atoms with Gasteiger partial charge < -0.3 is 9.64 Å². The summed E-state index contributed by atoms with van der Waals surface area (Å²) in [6.45, 7) is 1.97. The topological polar surface area (TPSA) is 58.6 Å². The van der Waals surface area contributed by atoms with Gasteiger partial charge in [-0.2, -0.15) is 0 Å². The Morgan fingerprint density at radius 1 is 1.50 bits per heavy atom. The van der Waals surface area contributed by atoms with E-state index in [-0.39, 0.29) is 18.5 Å². The Kier molecular flexibility index (Phi) is 2.49. The second kappa shape index (κ2) is 3.79. The zero-order chi connectivity index (χ0) is 9.97. The molecule has 0 aliphatic carbocycles. The number of urea groups is 1. The van der Waals surface area contributed by atoms with Gasteiger partial charge in [0, 0.05) is 6.54 Å². The molecular formula is C9H12N2O3. The summed E-state index contributed by atoms with van der Waals surface area (Å²) in [7, 11) is 0. The van der Waals surface area contributed by atoms with Crippen molar-refractivity contribution in [2.45, 2.75) is 6.42 Å². The molecule has 2 rings (SSSR count). The van der Waals surface area contributed by atoms with Crippen molar-refractivity contribution < 1.29 is 14.3 Å². The number of rotatable bonds is 2. The van der Waals surface area contributed by atoms with Gasteiger partial charge in [-0.3, -0.25) is 10.1 Å². The molecule has 14 heavy (non-hydrogen) atoms. The largest absolute Gasteiger partial charge is 0.377 e. The summed E-state index contributed by atoms with van der Waals surface area (Å²) < 4.78 is 5.24. The van der Waals surface area contributed by atoms with Gasteiger partial charge in [0.15, 0.2) is 0 Å². The number of carbonyl (C=O) groups excluding carboxylic acids is 2. The van der Waals surface area contributed by atoms with E-state index in [9.17, 15) is 9.59 Å². The fourth-order valence-electron chi connectivity index (χ4n) is 1.57. The molecule has 2 aliphatic heterocycles. The Balaban J connectivity index is 1.93. The third-order valence-corrected chi connectivity index (χ3v) is 2.24. The van der Waals surface area contributed by atoms with Gasteiger partial charge in [-0.1, -0.05) is 6.08 Å². The van der Waals surface area contributed by atoms with Gasteiger partial charge in [0.2, 0.25) is 5.91 Å². The molecule has 0 radical (unpaired) electrons. The number of hydrogen-bond donors (Lipinski definition) is 1. The van der Waals surface area contributed by atoms with Crippen molar-refractivity contribution in [3.63, 3.8) is 0 Å². The zero-order valence-corrected chi connectivity index (χ0v) is 7.78. The molecule has 0 aromatic rings. The molecule has 1 fully saturated rings. The number of ether oxygens (including phenoxy) is 1. The Morgan fingerprint density at radius 3 is 2.93 bits per heavy atom. The van der Waals surface area contributed by atoms with Crippen LogP contribution in [0.15, 0.2) is 11.6 Å². The molecule has 0 unspecified atom stereocenters. The molecule has 5 nitrogen and oxygen atoms in total. The van der Waals surface area contributed by atoms with Crippen LogP contribution in [0.4, 0.5) is 4.79 Å². The van der Waals surface area contributed by atoms with Crippen molar-refractivity contribution in [1.29, 1.82) is 0 Å². The summed E-state index contributed by atoms with van der Waals surface area (Å²) in [5.74, 6) is -0.229. The van der Waals surface area contributed by atoms with Gasteiger partial charge >= 0.3 is 6.03 Å². The van der Waals surface area contributed by atoms with E-state index in [0.717, 1.165) is 18.6 Å². The molecule has 1 saturated heterocycles. The molecule has 0 aromatic carbocycles. The van der Waals surface area contributed by atoms with Crippen LogP contribution in [-0.4, -0.2) is 43.1 Å². The van der Waals surface area contributed by atoms with Gasteiger partial charge in [-0.05, 0) is 12.0 Å². The number of amides is 3. The summed E-state index contributed by atoms with van der Waals surface area (Å²) in [6, 6.07) is -0.304. The molecule has 2 heterocycles. The van der Waals surface area contributed by atoms with Crippen molar-refractivity contribution in [3.8, 4) is 0 Å². The number of imide groups is 1. The van der Waals surface area contributed by atoms with E-state index in [0.29, 0.717) is 13.2 Å². The summed E-state index contributed by atoms with van der Waals surface area (Å²) in [6.07, 6.45) is 2.96. The maximum atomic E-state index is 11.2. The highest BCUT2D eigenvalue weighted by molar-refractivity contribution is 6.01. The fraction of sp³-hybridized carbons (Fsp3) is 0.556. The van der Waals surface area contributed by atoms with E-state index >= 15 is 0 Å². The lowest BCUT2D eigenvalue weighted by molar-refractivity contribution is -0.118. The van der Waals surface area contributed by atoms with Gasteiger partial charge in [0.05, 0.1) is 13.2 Å². The van der Waals surface area contributed by atoms with Crippen LogP contribution < -0.4 is 5.32 Å². The minimum absolute atomic E-state index is 0.163. The first-order valence-corrected chi connectivity index (χ1v) is 4.60. The highest BCUT2D eigenvalue weighted by atomic mass is 16.5. The van der Waals surface area contributed by atoms with E-state index in [1.165, 1.54) is 4.90 Å². The van der Waals surface area contributed by atoms with E-state index in [1.807, 2.05) is 0 Å². The normalized spacial score (nSPS) is 22.3. The second-order valence-corrected chi connectivity index (χ2v) is 3.41. The van der Waals surface area contributed by atoms with Crippen LogP contribution in [0, 0.1) is 0 Å². The highest BCUT2D eigenvalue weighted by Gasteiger charge is 2.27. The summed E-state index contributed by atoms with van der Waals surface area (Å²) in [5, 5.41) is 2.24. The monoisotopic (exact) mass is 196 g/mol. The predicted molar refractivity (Wildman–Crippen MR) is 48.6 cm³/mol. The summed E-state index contributed by atoms with van der Waals surface area (Å²) >= 11 is 0. The lowest BCUT2D eigenvalue weighted by atomic mass is 10.2. The van der Waals surface area contributed by atoms with E-state index in [4.69, 9.17) is 4.74 Å². The first-order chi connectivity index (χ1) is 6.75. The Labute approximate surface area is 81.7 Å². The van der Waals surface area contributed by atoms with Crippen molar-refractivity contribution in [2.24, 2.45) is 0 Å². The average molecular weight is 196 g/mol. The third-order valence-electron chi connectivity index (χ3n) is 2.24. The van der Waals surface area contributed by atoms with Crippen molar-refractivity contribution in [1.82, 2.24) is 10.2 Å². The molecule has 0 spiro atoms. The van der Waals surface area contributed by atoms with E-state index in [1.54, 1.807) is 0 Å². The number of nitrogens with zero attached hydrogens (tertiary/aromatic N) is 1. The Bertz CT molecular complexity index is 298. The quantitative estimate of drug-likeness (QED) is 0.495. The molecule has 0 saturated carbocycles. The van der Waals surface area contributed by atoms with Crippen LogP contribution in [0.2, 0.25) is 0 Å². The van der Waals surface area contributed by atoms with Gasteiger partial charge in [0.25, 0.3) is 0 Å². The number of carbonyl (C=O) groups is 2. The SMILES string of the molecule is O=C1CN(CC2=CCCOC2)C(=O)N1. The minimum Gasteiger partial charge on any atom is -0.377 e. The molecule has 0 bridgehead atoms. The standard InChI is InChI=1S/C9H12N2O3/c12-8-5-11(9(13)10-8)4-7-2-1-3-14-6-7/h2H,1,3-6H2,(H,10,12,13). The maximum absolute atomic E-state index is 11.2.